The van der Waals surface area contributed by atoms with E-state index in [9.17, 15) is 15.0 Å². The maximum absolute atomic E-state index is 12.3. The van der Waals surface area contributed by atoms with Gasteiger partial charge in [-0.2, -0.15) is 0 Å². The molecule has 3 aliphatic rings. The van der Waals surface area contributed by atoms with Gasteiger partial charge in [0.25, 0.3) is 0 Å². The molecule has 0 amide bonds. The largest absolute Gasteiger partial charge is 0.465 e. The molecule has 5 atom stereocenters. The molecule has 2 aliphatic carbocycles. The predicted octanol–water partition coefficient (Wildman–Crippen LogP) is 1.24. The average Bonchev–Trinajstić information content (AvgIpc) is 2.63. The van der Waals surface area contributed by atoms with E-state index in [0.717, 1.165) is 25.7 Å². The van der Waals surface area contributed by atoms with Crippen molar-refractivity contribution in [2.45, 2.75) is 57.7 Å². The molecule has 1 spiro atoms. The van der Waals surface area contributed by atoms with Crippen LogP contribution in [0, 0.1) is 16.7 Å². The van der Waals surface area contributed by atoms with Crippen molar-refractivity contribution in [1.29, 1.82) is 0 Å². The van der Waals surface area contributed by atoms with E-state index in [-0.39, 0.29) is 17.3 Å². The maximum Gasteiger partial charge on any atom is 0.315 e. The number of hydrogen-bond donors (Lipinski definition) is 2. The Bertz CT molecular complexity index is 365. The van der Waals surface area contributed by atoms with Crippen LogP contribution in [0.2, 0.25) is 0 Å². The Morgan fingerprint density at radius 1 is 1.22 bits per heavy atom. The third kappa shape index (κ3) is 1.42. The Hall–Kier alpha value is -0.610. The van der Waals surface area contributed by atoms with Gasteiger partial charge < -0.3 is 14.9 Å². The second kappa shape index (κ2) is 3.94. The van der Waals surface area contributed by atoms with Gasteiger partial charge in [-0.15, -0.1) is 0 Å². The van der Waals surface area contributed by atoms with Crippen LogP contribution in [-0.2, 0) is 9.53 Å². The van der Waals surface area contributed by atoms with Crippen LogP contribution >= 0.6 is 0 Å². The molecule has 0 aromatic rings. The quantitative estimate of drug-likeness (QED) is 0.638. The van der Waals surface area contributed by atoms with E-state index in [2.05, 4.69) is 6.92 Å². The first-order chi connectivity index (χ1) is 8.51. The lowest BCUT2D eigenvalue weighted by atomic mass is 9.53. The number of esters is 1. The van der Waals surface area contributed by atoms with Gasteiger partial charge in [0.05, 0.1) is 24.2 Å². The van der Waals surface area contributed by atoms with Crippen molar-refractivity contribution >= 4 is 5.97 Å². The van der Waals surface area contributed by atoms with Crippen LogP contribution in [0.15, 0.2) is 0 Å². The highest BCUT2D eigenvalue weighted by atomic mass is 16.5. The van der Waals surface area contributed by atoms with E-state index in [1.165, 1.54) is 0 Å². The maximum atomic E-state index is 12.3. The van der Waals surface area contributed by atoms with Crippen LogP contribution in [0.4, 0.5) is 0 Å². The predicted molar refractivity (Wildman–Crippen MR) is 64.7 cm³/mol. The van der Waals surface area contributed by atoms with Gasteiger partial charge in [0, 0.05) is 12.3 Å². The highest BCUT2D eigenvalue weighted by Crippen LogP contribution is 2.62. The number of carbonyl (C=O) groups is 1. The highest BCUT2D eigenvalue weighted by molar-refractivity contribution is 5.79. The summed E-state index contributed by atoms with van der Waals surface area (Å²) in [6.45, 7) is 2.46. The molecule has 2 N–H and O–H groups in total. The van der Waals surface area contributed by atoms with Crippen LogP contribution < -0.4 is 0 Å². The summed E-state index contributed by atoms with van der Waals surface area (Å²) in [4.78, 5) is 12.3. The third-order valence-corrected chi connectivity index (χ3v) is 5.64. The first-order valence-electron chi connectivity index (χ1n) is 7.04. The van der Waals surface area contributed by atoms with Crippen molar-refractivity contribution in [3.8, 4) is 0 Å². The van der Waals surface area contributed by atoms with Crippen LogP contribution in [-0.4, -0.2) is 35.0 Å². The molecule has 0 aromatic heterocycles. The number of ether oxygens (including phenoxy) is 1. The molecule has 0 bridgehead atoms. The average molecular weight is 254 g/mol. The van der Waals surface area contributed by atoms with Crippen LogP contribution in [0.25, 0.3) is 0 Å². The number of cyclic esters (lactones) is 1. The minimum absolute atomic E-state index is 0.0188. The van der Waals surface area contributed by atoms with Crippen LogP contribution in [0.3, 0.4) is 0 Å². The molecule has 1 heterocycles. The highest BCUT2D eigenvalue weighted by Gasteiger charge is 2.65. The van der Waals surface area contributed by atoms with Gasteiger partial charge in [-0.3, -0.25) is 4.79 Å². The van der Waals surface area contributed by atoms with Gasteiger partial charge in [0.1, 0.15) is 0 Å². The van der Waals surface area contributed by atoms with Crippen molar-refractivity contribution in [3.05, 3.63) is 0 Å². The molecule has 1 aliphatic heterocycles. The molecule has 4 nitrogen and oxygen atoms in total. The van der Waals surface area contributed by atoms with Gasteiger partial charge in [-0.25, -0.2) is 0 Å². The zero-order chi connectivity index (χ0) is 13.0. The first kappa shape index (κ1) is 12.4. The minimum atomic E-state index is -0.846. The summed E-state index contributed by atoms with van der Waals surface area (Å²) in [5, 5.41) is 20.7. The molecule has 18 heavy (non-hydrogen) atoms. The first-order valence-corrected chi connectivity index (χ1v) is 7.04. The van der Waals surface area contributed by atoms with E-state index in [1.54, 1.807) is 0 Å². The fraction of sp³-hybridized carbons (Fsp3) is 0.929. The topological polar surface area (TPSA) is 66.8 Å². The monoisotopic (exact) mass is 254 g/mol. The van der Waals surface area contributed by atoms with Crippen molar-refractivity contribution < 1.29 is 19.7 Å². The summed E-state index contributed by atoms with van der Waals surface area (Å²) in [6.07, 6.45) is 3.69. The van der Waals surface area contributed by atoms with Gasteiger partial charge in [0.2, 0.25) is 0 Å². The molecular formula is C14H22O4. The molecule has 3 rings (SSSR count). The standard InChI is InChI=1S/C14H22O4/c1-13-5-2-6-14(11(13)9(15)3-7-13)10(16)4-8-18-12(14)17/h9-11,15-16H,2-8H2,1H3/t9-,10+,11+,13-,14-/m1/s1. The SMILES string of the molecule is C[C@]12CCC[C@]3(C(=O)OCC[C@@H]3O)[C@H]1[C@H](O)CC2. The Balaban J connectivity index is 2.05. The zero-order valence-corrected chi connectivity index (χ0v) is 10.9. The summed E-state index contributed by atoms with van der Waals surface area (Å²) in [6, 6.07) is 0. The fourth-order valence-electron chi connectivity index (χ4n) is 4.84. The number of hydrogen-bond acceptors (Lipinski definition) is 4. The molecule has 0 unspecified atom stereocenters. The summed E-state index contributed by atoms with van der Waals surface area (Å²) in [5.41, 5.74) is -0.865. The molecule has 0 radical (unpaired) electrons. The van der Waals surface area contributed by atoms with Crippen LogP contribution in [0.5, 0.6) is 0 Å². The van der Waals surface area contributed by atoms with Gasteiger partial charge >= 0.3 is 5.97 Å². The minimum Gasteiger partial charge on any atom is -0.465 e. The molecule has 1 saturated heterocycles. The Labute approximate surface area is 107 Å². The van der Waals surface area contributed by atoms with Gasteiger partial charge in [-0.05, 0) is 31.1 Å². The van der Waals surface area contributed by atoms with Crippen LogP contribution in [0.1, 0.15) is 45.4 Å². The Morgan fingerprint density at radius 2 is 2.00 bits per heavy atom. The third-order valence-electron chi connectivity index (χ3n) is 5.64. The van der Waals surface area contributed by atoms with E-state index in [4.69, 9.17) is 4.74 Å². The van der Waals surface area contributed by atoms with E-state index >= 15 is 0 Å². The Morgan fingerprint density at radius 3 is 2.72 bits per heavy atom. The molecule has 102 valence electrons. The van der Waals surface area contributed by atoms with Crippen molar-refractivity contribution in [3.63, 3.8) is 0 Å². The molecule has 2 saturated carbocycles. The number of aliphatic hydroxyl groups is 2. The molecule has 0 aromatic carbocycles. The normalized spacial score (nSPS) is 52.2. The van der Waals surface area contributed by atoms with Crippen molar-refractivity contribution in [1.82, 2.24) is 0 Å². The van der Waals surface area contributed by atoms with Gasteiger partial charge in [0.15, 0.2) is 0 Å². The van der Waals surface area contributed by atoms with E-state index < -0.39 is 17.6 Å². The second-order valence-corrected chi connectivity index (χ2v) is 6.57. The number of aliphatic hydroxyl groups excluding tert-OH is 2. The summed E-state index contributed by atoms with van der Waals surface area (Å²) in [7, 11) is 0. The summed E-state index contributed by atoms with van der Waals surface area (Å²) in [5.74, 6) is -0.417. The van der Waals surface area contributed by atoms with Crippen molar-refractivity contribution in [2.24, 2.45) is 16.7 Å². The van der Waals surface area contributed by atoms with E-state index in [0.29, 0.717) is 19.4 Å². The lowest BCUT2D eigenvalue weighted by molar-refractivity contribution is -0.202. The summed E-state index contributed by atoms with van der Waals surface area (Å²) >= 11 is 0. The lowest BCUT2D eigenvalue weighted by Crippen LogP contribution is -2.59. The molecule has 3 fully saturated rings. The van der Waals surface area contributed by atoms with Gasteiger partial charge in [-0.1, -0.05) is 13.3 Å². The number of carbonyl (C=O) groups excluding carboxylic acids is 1. The molecule has 4 heteroatoms. The smallest absolute Gasteiger partial charge is 0.315 e. The summed E-state index contributed by atoms with van der Waals surface area (Å²) < 4.78 is 5.23. The number of rotatable bonds is 0. The number of fused-ring (bicyclic) bond motifs is 2. The van der Waals surface area contributed by atoms with Crippen molar-refractivity contribution in [2.75, 3.05) is 6.61 Å². The van der Waals surface area contributed by atoms with E-state index in [1.807, 2.05) is 0 Å². The lowest BCUT2D eigenvalue weighted by Gasteiger charge is -2.53. The Kier molecular flexibility index (Phi) is 2.72. The second-order valence-electron chi connectivity index (χ2n) is 6.57. The zero-order valence-electron chi connectivity index (χ0n) is 10.9. The fourth-order valence-corrected chi connectivity index (χ4v) is 4.84. The molecular weight excluding hydrogens is 232 g/mol.